The maximum absolute atomic E-state index is 12.7. The molecule has 0 radical (unpaired) electrons. The summed E-state index contributed by atoms with van der Waals surface area (Å²) < 4.78 is 0. The van der Waals surface area contributed by atoms with Crippen LogP contribution in [-0.2, 0) is 4.79 Å². The number of rotatable bonds is 5. The minimum absolute atomic E-state index is 0.0886. The van der Waals surface area contributed by atoms with Crippen molar-refractivity contribution in [2.75, 3.05) is 0 Å². The van der Waals surface area contributed by atoms with E-state index in [0.717, 1.165) is 51.4 Å². The van der Waals surface area contributed by atoms with Crippen LogP contribution < -0.4 is 0 Å². The molecule has 0 aromatic heterocycles. The predicted molar refractivity (Wildman–Crippen MR) is 135 cm³/mol. The van der Waals surface area contributed by atoms with Crippen molar-refractivity contribution < 1.29 is 15.0 Å². The van der Waals surface area contributed by atoms with Crippen molar-refractivity contribution in [1.29, 1.82) is 0 Å². The summed E-state index contributed by atoms with van der Waals surface area (Å²) in [6.07, 6.45) is 13.9. The van der Waals surface area contributed by atoms with Crippen LogP contribution in [0.3, 0.4) is 0 Å². The Morgan fingerprint density at radius 1 is 1.03 bits per heavy atom. The fraction of sp³-hybridized carbons (Fsp3) is 0.900. The lowest BCUT2D eigenvalue weighted by Gasteiger charge is -2.67. The Hall–Kier alpha value is -0.830. The van der Waals surface area contributed by atoms with Gasteiger partial charge in [0.25, 0.3) is 0 Å². The molecule has 0 bridgehead atoms. The zero-order valence-corrected chi connectivity index (χ0v) is 22.5. The van der Waals surface area contributed by atoms with Crippen molar-refractivity contribution in [3.8, 4) is 0 Å². The van der Waals surface area contributed by atoms with E-state index in [0.29, 0.717) is 11.8 Å². The summed E-state index contributed by atoms with van der Waals surface area (Å²) in [7, 11) is 0. The van der Waals surface area contributed by atoms with Crippen LogP contribution >= 0.6 is 0 Å². The molecule has 0 amide bonds. The molecule has 3 nitrogen and oxygen atoms in total. The Bertz CT molecular complexity index is 811. The lowest BCUT2D eigenvalue weighted by molar-refractivity contribution is -0.169. The van der Waals surface area contributed by atoms with E-state index >= 15 is 0 Å². The third-order valence-electron chi connectivity index (χ3n) is 11.9. The first-order valence-electron chi connectivity index (χ1n) is 13.8. The molecule has 188 valence electrons. The molecule has 0 aromatic carbocycles. The van der Waals surface area contributed by atoms with Crippen LogP contribution in [0.2, 0.25) is 0 Å². The molecule has 0 aliphatic heterocycles. The molecule has 4 aliphatic rings. The SMILES string of the molecule is CC(C)C(O)CCC1(C)CCCC2(C)C1CC=C1C3CC(C)(C)CCC3(C(=O)O)CCC12C. The van der Waals surface area contributed by atoms with Crippen LogP contribution in [0.15, 0.2) is 11.6 Å². The summed E-state index contributed by atoms with van der Waals surface area (Å²) in [4.78, 5) is 12.7. The highest BCUT2D eigenvalue weighted by molar-refractivity contribution is 5.76. The summed E-state index contributed by atoms with van der Waals surface area (Å²) in [5.74, 6) is 0.567. The van der Waals surface area contributed by atoms with E-state index in [-0.39, 0.29) is 33.7 Å². The Morgan fingerprint density at radius 3 is 2.33 bits per heavy atom. The first-order valence-corrected chi connectivity index (χ1v) is 13.8. The van der Waals surface area contributed by atoms with Crippen molar-refractivity contribution in [2.45, 2.75) is 125 Å². The number of fused-ring (bicyclic) bond motifs is 5. The van der Waals surface area contributed by atoms with Gasteiger partial charge in [-0.25, -0.2) is 0 Å². The van der Waals surface area contributed by atoms with Crippen molar-refractivity contribution in [3.05, 3.63) is 11.6 Å². The van der Waals surface area contributed by atoms with Gasteiger partial charge in [-0.05, 0) is 104 Å². The number of hydrogen-bond acceptors (Lipinski definition) is 2. The van der Waals surface area contributed by atoms with Gasteiger partial charge in [0, 0.05) is 0 Å². The average molecular weight is 459 g/mol. The summed E-state index contributed by atoms with van der Waals surface area (Å²) in [5.41, 5.74) is 1.72. The molecule has 0 aromatic rings. The average Bonchev–Trinajstić information content (AvgIpc) is 2.72. The zero-order valence-electron chi connectivity index (χ0n) is 22.5. The Kier molecular flexibility index (Phi) is 6.21. The maximum atomic E-state index is 12.7. The van der Waals surface area contributed by atoms with Crippen LogP contribution in [0.4, 0.5) is 0 Å². The highest BCUT2D eigenvalue weighted by Gasteiger charge is 2.66. The smallest absolute Gasteiger partial charge is 0.310 e. The fourth-order valence-electron chi connectivity index (χ4n) is 9.18. The van der Waals surface area contributed by atoms with Crippen LogP contribution in [0.25, 0.3) is 0 Å². The zero-order chi connectivity index (χ0) is 24.4. The maximum Gasteiger partial charge on any atom is 0.310 e. The van der Waals surface area contributed by atoms with Crippen LogP contribution in [0.1, 0.15) is 119 Å². The van der Waals surface area contributed by atoms with E-state index in [9.17, 15) is 15.0 Å². The fourth-order valence-corrected chi connectivity index (χ4v) is 9.18. The summed E-state index contributed by atoms with van der Waals surface area (Å²) in [6.45, 7) is 16.5. The molecule has 7 unspecified atom stereocenters. The van der Waals surface area contributed by atoms with Crippen LogP contribution in [0.5, 0.6) is 0 Å². The number of allylic oxidation sites excluding steroid dienone is 2. The minimum Gasteiger partial charge on any atom is -0.481 e. The third kappa shape index (κ3) is 3.74. The molecular formula is C30H50O3. The largest absolute Gasteiger partial charge is 0.481 e. The van der Waals surface area contributed by atoms with Gasteiger partial charge >= 0.3 is 5.97 Å². The highest BCUT2D eigenvalue weighted by atomic mass is 16.4. The van der Waals surface area contributed by atoms with Gasteiger partial charge in [-0.15, -0.1) is 0 Å². The van der Waals surface area contributed by atoms with Gasteiger partial charge in [-0.1, -0.05) is 66.5 Å². The van der Waals surface area contributed by atoms with Gasteiger partial charge in [0.05, 0.1) is 11.5 Å². The van der Waals surface area contributed by atoms with Gasteiger partial charge in [0.2, 0.25) is 0 Å². The number of carbonyl (C=O) groups is 1. The highest BCUT2D eigenvalue weighted by Crippen LogP contribution is 2.73. The van der Waals surface area contributed by atoms with Gasteiger partial charge in [-0.2, -0.15) is 0 Å². The molecule has 7 atom stereocenters. The minimum atomic E-state index is -0.552. The molecule has 3 fully saturated rings. The number of carboxylic acid groups (broad SMARTS) is 1. The summed E-state index contributed by atoms with van der Waals surface area (Å²) in [6, 6.07) is 0. The molecule has 0 saturated heterocycles. The lowest BCUT2D eigenvalue weighted by Crippen LogP contribution is -2.60. The molecule has 2 N–H and O–H groups in total. The van der Waals surface area contributed by atoms with Gasteiger partial charge in [-0.3, -0.25) is 4.79 Å². The molecule has 0 heterocycles. The predicted octanol–water partition coefficient (Wildman–Crippen LogP) is 7.62. The van der Waals surface area contributed by atoms with Gasteiger partial charge in [0.1, 0.15) is 0 Å². The first-order chi connectivity index (χ1) is 15.2. The number of aliphatic hydroxyl groups excluding tert-OH is 1. The van der Waals surface area contributed by atoms with Gasteiger partial charge < -0.3 is 10.2 Å². The molecule has 3 saturated carbocycles. The normalized spacial score (nSPS) is 45.4. The third-order valence-corrected chi connectivity index (χ3v) is 11.9. The van der Waals surface area contributed by atoms with E-state index < -0.39 is 11.4 Å². The molecule has 4 aliphatic carbocycles. The molecule has 3 heteroatoms. The van der Waals surface area contributed by atoms with E-state index in [1.165, 1.54) is 24.8 Å². The second-order valence-electron chi connectivity index (χ2n) is 14.4. The van der Waals surface area contributed by atoms with Crippen molar-refractivity contribution in [1.82, 2.24) is 0 Å². The van der Waals surface area contributed by atoms with Crippen molar-refractivity contribution >= 4 is 5.97 Å². The van der Waals surface area contributed by atoms with Crippen molar-refractivity contribution in [3.63, 3.8) is 0 Å². The Morgan fingerprint density at radius 2 is 1.70 bits per heavy atom. The van der Waals surface area contributed by atoms with E-state index in [4.69, 9.17) is 0 Å². The monoisotopic (exact) mass is 458 g/mol. The molecule has 0 spiro atoms. The summed E-state index contributed by atoms with van der Waals surface area (Å²) in [5, 5.41) is 21.0. The summed E-state index contributed by atoms with van der Waals surface area (Å²) >= 11 is 0. The van der Waals surface area contributed by atoms with Gasteiger partial charge in [0.15, 0.2) is 0 Å². The number of hydrogen-bond donors (Lipinski definition) is 2. The van der Waals surface area contributed by atoms with E-state index in [1.807, 2.05) is 0 Å². The number of aliphatic hydroxyl groups is 1. The Labute approximate surface area is 202 Å². The van der Waals surface area contributed by atoms with Crippen LogP contribution in [-0.4, -0.2) is 22.3 Å². The van der Waals surface area contributed by atoms with Crippen molar-refractivity contribution in [2.24, 2.45) is 44.8 Å². The number of aliphatic carboxylic acids is 1. The van der Waals surface area contributed by atoms with E-state index in [2.05, 4.69) is 54.5 Å². The Balaban J connectivity index is 1.72. The first kappa shape index (κ1) is 25.3. The van der Waals surface area contributed by atoms with Crippen LogP contribution in [0, 0.1) is 44.8 Å². The molecular weight excluding hydrogens is 408 g/mol. The number of carboxylic acids is 1. The van der Waals surface area contributed by atoms with E-state index in [1.54, 1.807) is 0 Å². The molecule has 4 rings (SSSR count). The quantitative estimate of drug-likeness (QED) is 0.416. The topological polar surface area (TPSA) is 57.5 Å². The standard InChI is InChI=1S/C30H50O3/c1-20(2)23(31)11-14-27(5)12-8-13-29(7)24(27)10-9-21-22-19-26(3,4)15-17-30(22,25(32)33)18-16-28(21,29)6/h9,20,22-24,31H,8,10-19H2,1-7H3,(H,32,33). The lowest BCUT2D eigenvalue weighted by atomic mass is 9.36. The molecule has 33 heavy (non-hydrogen) atoms. The second kappa shape index (κ2) is 8.10. The second-order valence-corrected chi connectivity index (χ2v) is 14.4.